The second-order valence-electron chi connectivity index (χ2n) is 8.28. The van der Waals surface area contributed by atoms with Gasteiger partial charge in [0.05, 0.1) is 16.6 Å². The third-order valence-corrected chi connectivity index (χ3v) is 6.05. The molecule has 0 spiro atoms. The Kier molecular flexibility index (Phi) is 6.74. The molecular formula is C26H23ClFN5O2. The second kappa shape index (κ2) is 10.2. The SMILES string of the molecule is O=C(Nc1ccc2ncnc(Nc3ccc(OCc4cccc(F)c4)c(Cl)c3)c2c1)[C@@H]1CCCN1. The summed E-state index contributed by atoms with van der Waals surface area (Å²) in [5.74, 6) is 0.703. The predicted octanol–water partition coefficient (Wildman–Crippen LogP) is 5.44. The van der Waals surface area contributed by atoms with Crippen molar-refractivity contribution in [2.24, 2.45) is 0 Å². The number of carbonyl (C=O) groups is 1. The van der Waals surface area contributed by atoms with Gasteiger partial charge in [0.1, 0.15) is 30.3 Å². The van der Waals surface area contributed by atoms with Crippen molar-refractivity contribution in [3.05, 3.63) is 83.4 Å². The number of aromatic nitrogens is 2. The van der Waals surface area contributed by atoms with Crippen molar-refractivity contribution in [1.29, 1.82) is 0 Å². The normalized spacial score (nSPS) is 15.2. The summed E-state index contributed by atoms with van der Waals surface area (Å²) in [4.78, 5) is 21.2. The van der Waals surface area contributed by atoms with E-state index in [4.69, 9.17) is 16.3 Å². The van der Waals surface area contributed by atoms with E-state index in [0.29, 0.717) is 33.5 Å². The summed E-state index contributed by atoms with van der Waals surface area (Å²) in [6.07, 6.45) is 3.30. The third kappa shape index (κ3) is 5.50. The number of carbonyl (C=O) groups excluding carboxylic acids is 1. The zero-order chi connectivity index (χ0) is 24.2. The van der Waals surface area contributed by atoms with Gasteiger partial charge in [0.15, 0.2) is 0 Å². The zero-order valence-electron chi connectivity index (χ0n) is 18.7. The molecular weight excluding hydrogens is 469 g/mol. The maximum Gasteiger partial charge on any atom is 0.241 e. The lowest BCUT2D eigenvalue weighted by atomic mass is 10.1. The van der Waals surface area contributed by atoms with Gasteiger partial charge in [-0.15, -0.1) is 0 Å². The fourth-order valence-electron chi connectivity index (χ4n) is 3.99. The number of nitrogens with zero attached hydrogens (tertiary/aromatic N) is 2. The lowest BCUT2D eigenvalue weighted by Crippen LogP contribution is -2.35. The summed E-state index contributed by atoms with van der Waals surface area (Å²) >= 11 is 6.43. The molecule has 35 heavy (non-hydrogen) atoms. The topological polar surface area (TPSA) is 88.2 Å². The van der Waals surface area contributed by atoms with Crippen molar-refractivity contribution in [3.8, 4) is 5.75 Å². The molecule has 1 aliphatic rings. The highest BCUT2D eigenvalue weighted by molar-refractivity contribution is 6.32. The van der Waals surface area contributed by atoms with Gasteiger partial charge in [-0.25, -0.2) is 14.4 Å². The molecule has 0 bridgehead atoms. The first-order chi connectivity index (χ1) is 17.0. The smallest absolute Gasteiger partial charge is 0.241 e. The Labute approximate surface area is 206 Å². The van der Waals surface area contributed by atoms with E-state index in [9.17, 15) is 9.18 Å². The molecule has 178 valence electrons. The summed E-state index contributed by atoms with van der Waals surface area (Å²) in [6, 6.07) is 16.9. The van der Waals surface area contributed by atoms with E-state index in [0.717, 1.165) is 30.3 Å². The maximum atomic E-state index is 13.4. The minimum absolute atomic E-state index is 0.0474. The summed E-state index contributed by atoms with van der Waals surface area (Å²) < 4.78 is 19.1. The Morgan fingerprint density at radius 2 is 2.00 bits per heavy atom. The van der Waals surface area contributed by atoms with Crippen LogP contribution in [0.1, 0.15) is 18.4 Å². The molecule has 5 rings (SSSR count). The van der Waals surface area contributed by atoms with E-state index in [2.05, 4.69) is 25.9 Å². The van der Waals surface area contributed by atoms with Gasteiger partial charge in [-0.1, -0.05) is 23.7 Å². The van der Waals surface area contributed by atoms with Crippen molar-refractivity contribution in [1.82, 2.24) is 15.3 Å². The molecule has 7 nitrogen and oxygen atoms in total. The zero-order valence-corrected chi connectivity index (χ0v) is 19.5. The maximum absolute atomic E-state index is 13.4. The lowest BCUT2D eigenvalue weighted by molar-refractivity contribution is -0.117. The molecule has 9 heteroatoms. The van der Waals surface area contributed by atoms with E-state index in [1.165, 1.54) is 18.5 Å². The number of ether oxygens (including phenoxy) is 1. The quantitative estimate of drug-likeness (QED) is 0.319. The number of nitrogens with one attached hydrogen (secondary N) is 3. The summed E-state index contributed by atoms with van der Waals surface area (Å²) in [5, 5.41) is 10.6. The van der Waals surface area contributed by atoms with Crippen LogP contribution >= 0.6 is 11.6 Å². The fourth-order valence-corrected chi connectivity index (χ4v) is 4.23. The number of hydrogen-bond donors (Lipinski definition) is 3. The number of benzene rings is 3. The molecule has 2 heterocycles. The molecule has 3 N–H and O–H groups in total. The molecule has 0 saturated carbocycles. The van der Waals surface area contributed by atoms with E-state index in [1.807, 2.05) is 24.3 Å². The molecule has 1 aliphatic heterocycles. The number of halogens is 2. The molecule has 0 radical (unpaired) electrons. The average Bonchev–Trinajstić information content (AvgIpc) is 3.39. The van der Waals surface area contributed by atoms with Gasteiger partial charge in [0.2, 0.25) is 5.91 Å². The lowest BCUT2D eigenvalue weighted by Gasteiger charge is -2.14. The number of hydrogen-bond acceptors (Lipinski definition) is 6. The van der Waals surface area contributed by atoms with Crippen LogP contribution in [-0.4, -0.2) is 28.5 Å². The summed E-state index contributed by atoms with van der Waals surface area (Å²) in [5.41, 5.74) is 2.83. The Balaban J connectivity index is 1.31. The van der Waals surface area contributed by atoms with Crippen molar-refractivity contribution >= 4 is 45.6 Å². The minimum Gasteiger partial charge on any atom is -0.487 e. The molecule has 1 aromatic heterocycles. The van der Waals surface area contributed by atoms with E-state index in [1.54, 1.807) is 24.3 Å². The van der Waals surface area contributed by atoms with Crippen molar-refractivity contribution < 1.29 is 13.9 Å². The van der Waals surface area contributed by atoms with Gasteiger partial charge in [-0.05, 0) is 73.5 Å². The molecule has 1 atom stereocenters. The van der Waals surface area contributed by atoms with E-state index >= 15 is 0 Å². The Bertz CT molecular complexity index is 1380. The Morgan fingerprint density at radius 3 is 2.80 bits per heavy atom. The van der Waals surface area contributed by atoms with E-state index < -0.39 is 0 Å². The molecule has 4 aromatic rings. The summed E-state index contributed by atoms with van der Waals surface area (Å²) in [7, 11) is 0. The Hall–Kier alpha value is -3.75. The van der Waals surface area contributed by atoms with Crippen LogP contribution in [0, 0.1) is 5.82 Å². The van der Waals surface area contributed by atoms with Crippen LogP contribution in [0.15, 0.2) is 67.0 Å². The van der Waals surface area contributed by atoms with Crippen LogP contribution in [0.5, 0.6) is 5.75 Å². The standard InChI is InChI=1S/C26H23ClFN5O2/c27-21-13-19(7-9-24(21)35-14-16-3-1-4-17(28)11-16)32-25-20-12-18(6-8-22(20)30-15-31-25)33-26(34)23-5-2-10-29-23/h1,3-4,6-9,11-13,15,23,29H,2,5,10,14H2,(H,33,34)(H,30,31,32)/t23-/m0/s1. The summed E-state index contributed by atoms with van der Waals surface area (Å²) in [6.45, 7) is 1.06. The first-order valence-electron chi connectivity index (χ1n) is 11.3. The van der Waals surface area contributed by atoms with Gasteiger partial charge in [-0.2, -0.15) is 0 Å². The molecule has 3 aromatic carbocycles. The van der Waals surface area contributed by atoms with Gasteiger partial charge in [0.25, 0.3) is 0 Å². The molecule has 0 unspecified atom stereocenters. The average molecular weight is 492 g/mol. The van der Waals surface area contributed by atoms with Crippen LogP contribution in [0.3, 0.4) is 0 Å². The number of fused-ring (bicyclic) bond motifs is 1. The molecule has 1 amide bonds. The van der Waals surface area contributed by atoms with Crippen molar-refractivity contribution in [2.75, 3.05) is 17.2 Å². The Morgan fingerprint density at radius 1 is 1.11 bits per heavy atom. The molecule has 0 aliphatic carbocycles. The largest absolute Gasteiger partial charge is 0.487 e. The van der Waals surface area contributed by atoms with Gasteiger partial charge >= 0.3 is 0 Å². The van der Waals surface area contributed by atoms with E-state index in [-0.39, 0.29) is 24.4 Å². The van der Waals surface area contributed by atoms with Crippen molar-refractivity contribution in [2.45, 2.75) is 25.5 Å². The van der Waals surface area contributed by atoms with Gasteiger partial charge in [-0.3, -0.25) is 4.79 Å². The first-order valence-corrected chi connectivity index (χ1v) is 11.7. The number of rotatable bonds is 7. The second-order valence-corrected chi connectivity index (χ2v) is 8.69. The van der Waals surface area contributed by atoms with Crippen LogP contribution in [-0.2, 0) is 11.4 Å². The highest BCUT2D eigenvalue weighted by Crippen LogP contribution is 2.31. The number of anilines is 3. The predicted molar refractivity (Wildman–Crippen MR) is 135 cm³/mol. The van der Waals surface area contributed by atoms with Crippen LogP contribution < -0.4 is 20.7 Å². The highest BCUT2D eigenvalue weighted by atomic mass is 35.5. The van der Waals surface area contributed by atoms with Crippen molar-refractivity contribution in [3.63, 3.8) is 0 Å². The van der Waals surface area contributed by atoms with Gasteiger partial charge in [0, 0.05) is 16.8 Å². The first kappa shape index (κ1) is 23.0. The number of amides is 1. The van der Waals surface area contributed by atoms with Gasteiger partial charge < -0.3 is 20.7 Å². The minimum atomic E-state index is -0.313. The monoisotopic (exact) mass is 491 g/mol. The van der Waals surface area contributed by atoms with Crippen LogP contribution in [0.4, 0.5) is 21.6 Å². The highest BCUT2D eigenvalue weighted by Gasteiger charge is 2.22. The van der Waals surface area contributed by atoms with Crippen LogP contribution in [0.2, 0.25) is 5.02 Å². The third-order valence-electron chi connectivity index (χ3n) is 5.76. The fraction of sp³-hybridized carbons (Fsp3) is 0.192. The molecule has 1 saturated heterocycles. The van der Waals surface area contributed by atoms with Crippen LogP contribution in [0.25, 0.3) is 10.9 Å². The molecule has 1 fully saturated rings.